The third-order valence-corrected chi connectivity index (χ3v) is 3.32. The maximum absolute atomic E-state index is 11.2. The number of carbonyl (C=O) groups is 1. The van der Waals surface area contributed by atoms with Crippen molar-refractivity contribution in [3.8, 4) is 11.3 Å². The number of nitrogens with zero attached hydrogens (tertiary/aromatic N) is 4. The van der Waals surface area contributed by atoms with Gasteiger partial charge in [0.25, 0.3) is 0 Å². The van der Waals surface area contributed by atoms with Crippen molar-refractivity contribution in [2.24, 2.45) is 7.05 Å². The predicted octanol–water partition coefficient (Wildman–Crippen LogP) is 2.32. The number of aromatic nitrogens is 4. The third kappa shape index (κ3) is 2.20. The van der Waals surface area contributed by atoms with E-state index in [0.29, 0.717) is 12.2 Å². The Hall–Kier alpha value is -2.89. The second-order valence-electron chi connectivity index (χ2n) is 4.75. The Balaban J connectivity index is 2.11. The van der Waals surface area contributed by atoms with Crippen LogP contribution in [0.2, 0.25) is 0 Å². The number of imidazole rings is 1. The van der Waals surface area contributed by atoms with Crippen LogP contribution in [0.4, 0.5) is 0 Å². The minimum Gasteiger partial charge on any atom is -0.477 e. The molecule has 21 heavy (non-hydrogen) atoms. The zero-order chi connectivity index (χ0) is 15.0. The molecule has 0 fully saturated rings. The number of rotatable bonds is 4. The van der Waals surface area contributed by atoms with Crippen LogP contribution in [0, 0.1) is 0 Å². The highest BCUT2D eigenvalue weighted by atomic mass is 16.4. The highest BCUT2D eigenvalue weighted by Crippen LogP contribution is 2.23. The van der Waals surface area contributed by atoms with Crippen LogP contribution in [-0.4, -0.2) is 30.4 Å². The number of benzene rings is 1. The van der Waals surface area contributed by atoms with Gasteiger partial charge in [0.15, 0.2) is 0 Å². The summed E-state index contributed by atoms with van der Waals surface area (Å²) in [5.74, 6) is -1.01. The van der Waals surface area contributed by atoms with Crippen LogP contribution in [0.5, 0.6) is 0 Å². The molecule has 3 aromatic rings. The monoisotopic (exact) mass is 282 g/mol. The molecule has 0 radical (unpaired) electrons. The molecule has 0 amide bonds. The molecule has 1 aromatic carbocycles. The second kappa shape index (κ2) is 4.90. The van der Waals surface area contributed by atoms with Crippen molar-refractivity contribution in [3.05, 3.63) is 48.9 Å². The molecule has 1 N–H and O–H groups in total. The lowest BCUT2D eigenvalue weighted by Crippen LogP contribution is -2.08. The molecular weight excluding hydrogens is 268 g/mol. The van der Waals surface area contributed by atoms with Gasteiger partial charge >= 0.3 is 5.97 Å². The standard InChI is InChI=1S/C15H14N4O2/c1-3-6-19-14(15(20)21)8-11(17-19)10-4-5-13-12(7-10)16-9-18(13)2/h3-5,7-9H,1,6H2,2H3,(H,20,21). The lowest BCUT2D eigenvalue weighted by Gasteiger charge is -1.99. The molecule has 0 atom stereocenters. The van der Waals surface area contributed by atoms with Crippen molar-refractivity contribution in [2.45, 2.75) is 6.54 Å². The van der Waals surface area contributed by atoms with Crippen molar-refractivity contribution >= 4 is 17.0 Å². The van der Waals surface area contributed by atoms with E-state index in [1.54, 1.807) is 18.5 Å². The summed E-state index contributed by atoms with van der Waals surface area (Å²) in [7, 11) is 1.93. The fraction of sp³-hybridized carbons (Fsp3) is 0.133. The van der Waals surface area contributed by atoms with Crippen molar-refractivity contribution in [3.63, 3.8) is 0 Å². The van der Waals surface area contributed by atoms with E-state index in [9.17, 15) is 9.90 Å². The van der Waals surface area contributed by atoms with Crippen LogP contribution in [0.25, 0.3) is 22.3 Å². The lowest BCUT2D eigenvalue weighted by atomic mass is 10.1. The zero-order valence-electron chi connectivity index (χ0n) is 11.5. The molecule has 0 aliphatic rings. The predicted molar refractivity (Wildman–Crippen MR) is 79.1 cm³/mol. The number of fused-ring (bicyclic) bond motifs is 1. The minimum absolute atomic E-state index is 0.144. The van der Waals surface area contributed by atoms with Crippen LogP contribution in [0.3, 0.4) is 0 Å². The van der Waals surface area contributed by atoms with E-state index >= 15 is 0 Å². The van der Waals surface area contributed by atoms with Crippen molar-refractivity contribution in [2.75, 3.05) is 0 Å². The molecule has 0 aliphatic heterocycles. The van der Waals surface area contributed by atoms with Gasteiger partial charge in [0.2, 0.25) is 0 Å². The molecule has 0 bridgehead atoms. The lowest BCUT2D eigenvalue weighted by molar-refractivity contribution is 0.0684. The van der Waals surface area contributed by atoms with Crippen LogP contribution >= 0.6 is 0 Å². The molecule has 0 saturated heterocycles. The number of carboxylic acids is 1. The Morgan fingerprint density at radius 2 is 2.24 bits per heavy atom. The SMILES string of the molecule is C=CCn1nc(-c2ccc3c(c2)ncn3C)cc1C(=O)O. The Kier molecular flexibility index (Phi) is 3.06. The fourth-order valence-electron chi connectivity index (χ4n) is 2.29. The summed E-state index contributed by atoms with van der Waals surface area (Å²) < 4.78 is 3.35. The molecular formula is C15H14N4O2. The van der Waals surface area contributed by atoms with Gasteiger partial charge in [-0.1, -0.05) is 12.1 Å². The highest BCUT2D eigenvalue weighted by molar-refractivity contribution is 5.88. The van der Waals surface area contributed by atoms with Gasteiger partial charge in [-0.15, -0.1) is 6.58 Å². The van der Waals surface area contributed by atoms with Crippen molar-refractivity contribution in [1.82, 2.24) is 19.3 Å². The number of hydrogen-bond donors (Lipinski definition) is 1. The molecule has 0 spiro atoms. The van der Waals surface area contributed by atoms with E-state index in [2.05, 4.69) is 16.7 Å². The van der Waals surface area contributed by atoms with Crippen LogP contribution in [-0.2, 0) is 13.6 Å². The van der Waals surface area contributed by atoms with E-state index in [4.69, 9.17) is 0 Å². The summed E-state index contributed by atoms with van der Waals surface area (Å²) in [6.07, 6.45) is 3.36. The molecule has 0 saturated carbocycles. The smallest absolute Gasteiger partial charge is 0.354 e. The van der Waals surface area contributed by atoms with Gasteiger partial charge in [0, 0.05) is 12.6 Å². The highest BCUT2D eigenvalue weighted by Gasteiger charge is 2.15. The first-order valence-electron chi connectivity index (χ1n) is 6.43. The van der Waals surface area contributed by atoms with Crippen LogP contribution < -0.4 is 0 Å². The molecule has 6 heteroatoms. The molecule has 0 aliphatic carbocycles. The van der Waals surface area contributed by atoms with Gasteiger partial charge in [-0.2, -0.15) is 5.10 Å². The summed E-state index contributed by atoms with van der Waals surface area (Å²) >= 11 is 0. The Morgan fingerprint density at radius 3 is 2.95 bits per heavy atom. The second-order valence-corrected chi connectivity index (χ2v) is 4.75. The number of allylic oxidation sites excluding steroid dienone is 1. The Bertz CT molecular complexity index is 845. The normalized spacial score (nSPS) is 10.9. The zero-order valence-corrected chi connectivity index (χ0v) is 11.5. The first kappa shape index (κ1) is 13.1. The largest absolute Gasteiger partial charge is 0.477 e. The minimum atomic E-state index is -1.01. The van der Waals surface area contributed by atoms with Gasteiger partial charge in [-0.25, -0.2) is 9.78 Å². The van der Waals surface area contributed by atoms with E-state index in [1.807, 2.05) is 29.8 Å². The van der Waals surface area contributed by atoms with Gasteiger partial charge in [0.1, 0.15) is 5.69 Å². The molecule has 2 heterocycles. The van der Waals surface area contributed by atoms with Crippen LogP contribution in [0.1, 0.15) is 10.5 Å². The Labute approximate surface area is 121 Å². The van der Waals surface area contributed by atoms with E-state index in [0.717, 1.165) is 16.6 Å². The number of aryl methyl sites for hydroxylation is 1. The topological polar surface area (TPSA) is 72.9 Å². The average molecular weight is 282 g/mol. The molecule has 2 aromatic heterocycles. The summed E-state index contributed by atoms with van der Waals surface area (Å²) in [4.78, 5) is 15.5. The first-order valence-corrected chi connectivity index (χ1v) is 6.43. The van der Waals surface area contributed by atoms with E-state index in [1.165, 1.54) is 4.68 Å². The van der Waals surface area contributed by atoms with Crippen molar-refractivity contribution < 1.29 is 9.90 Å². The fourth-order valence-corrected chi connectivity index (χ4v) is 2.29. The van der Waals surface area contributed by atoms with E-state index < -0.39 is 5.97 Å². The Morgan fingerprint density at radius 1 is 1.43 bits per heavy atom. The summed E-state index contributed by atoms with van der Waals surface area (Å²) in [5.41, 5.74) is 3.47. The number of aromatic carboxylic acids is 1. The maximum atomic E-state index is 11.2. The average Bonchev–Trinajstić information content (AvgIpc) is 3.04. The summed E-state index contributed by atoms with van der Waals surface area (Å²) in [5, 5.41) is 13.6. The maximum Gasteiger partial charge on any atom is 0.354 e. The first-order chi connectivity index (χ1) is 10.1. The molecule has 106 valence electrons. The number of hydrogen-bond acceptors (Lipinski definition) is 3. The van der Waals surface area contributed by atoms with Gasteiger partial charge < -0.3 is 9.67 Å². The quantitative estimate of drug-likeness (QED) is 0.745. The van der Waals surface area contributed by atoms with Gasteiger partial charge in [0.05, 0.1) is 29.6 Å². The van der Waals surface area contributed by atoms with Gasteiger partial charge in [-0.05, 0) is 18.2 Å². The molecule has 3 rings (SSSR count). The summed E-state index contributed by atoms with van der Waals surface area (Å²) in [6, 6.07) is 7.33. The van der Waals surface area contributed by atoms with Crippen molar-refractivity contribution in [1.29, 1.82) is 0 Å². The van der Waals surface area contributed by atoms with Gasteiger partial charge in [-0.3, -0.25) is 4.68 Å². The summed E-state index contributed by atoms with van der Waals surface area (Å²) in [6.45, 7) is 3.97. The number of carboxylic acid groups (broad SMARTS) is 1. The van der Waals surface area contributed by atoms with Crippen LogP contribution in [0.15, 0.2) is 43.2 Å². The molecule has 6 nitrogen and oxygen atoms in total. The third-order valence-electron chi connectivity index (χ3n) is 3.32. The molecule has 0 unspecified atom stereocenters. The van der Waals surface area contributed by atoms with E-state index in [-0.39, 0.29) is 5.69 Å².